The first-order valence-corrected chi connectivity index (χ1v) is 3.39. The highest BCUT2D eigenvalue weighted by atomic mass is 15.1. The summed E-state index contributed by atoms with van der Waals surface area (Å²) in [6.07, 6.45) is 5.37. The van der Waals surface area contributed by atoms with Gasteiger partial charge in [0.25, 0.3) is 0 Å². The van der Waals surface area contributed by atoms with Crippen LogP contribution in [0.4, 0.5) is 0 Å². The molecule has 2 aliphatic heterocycles. The van der Waals surface area contributed by atoms with Crippen LogP contribution < -0.4 is 5.32 Å². The van der Waals surface area contributed by atoms with Crippen molar-refractivity contribution in [3.63, 3.8) is 0 Å². The lowest BCUT2D eigenvalue weighted by molar-refractivity contribution is 1.23. The molecule has 0 atom stereocenters. The van der Waals surface area contributed by atoms with Crippen LogP contribution in [-0.2, 0) is 0 Å². The molecule has 0 saturated heterocycles. The van der Waals surface area contributed by atoms with Crippen molar-refractivity contribution in [2.24, 2.45) is 4.99 Å². The first-order chi connectivity index (χ1) is 5.45. The van der Waals surface area contributed by atoms with Crippen LogP contribution in [0.25, 0.3) is 5.70 Å². The Hall–Kier alpha value is -1.64. The Kier molecular flexibility index (Phi) is 0.692. The van der Waals surface area contributed by atoms with Gasteiger partial charge >= 0.3 is 0 Å². The number of fused-ring (bicyclic) bond motifs is 4. The van der Waals surface area contributed by atoms with E-state index in [0.29, 0.717) is 0 Å². The second-order valence-corrected chi connectivity index (χ2v) is 2.50. The number of rotatable bonds is 0. The maximum absolute atomic E-state index is 4.24. The van der Waals surface area contributed by atoms with Gasteiger partial charge in [-0.3, -0.25) is 4.98 Å². The minimum atomic E-state index is 0.808. The van der Waals surface area contributed by atoms with Crippen molar-refractivity contribution < 1.29 is 0 Å². The lowest BCUT2D eigenvalue weighted by Gasteiger charge is -2.02. The number of aliphatic imine (C=N–C) groups is 1. The summed E-state index contributed by atoms with van der Waals surface area (Å²) in [6.45, 7) is 0. The van der Waals surface area contributed by atoms with Crippen LogP contribution in [0.3, 0.4) is 0 Å². The molecule has 1 aromatic rings. The Balaban J connectivity index is 2.40. The average Bonchev–Trinajstić information content (AvgIpc) is 2.64. The molecule has 2 aliphatic rings. The quantitative estimate of drug-likeness (QED) is 0.527. The van der Waals surface area contributed by atoms with Crippen LogP contribution in [0.15, 0.2) is 29.7 Å². The smallest absolute Gasteiger partial charge is 0.162 e. The summed E-state index contributed by atoms with van der Waals surface area (Å²) in [6, 6.07) is 1.96. The van der Waals surface area contributed by atoms with Crippen LogP contribution in [0.5, 0.6) is 0 Å². The van der Waals surface area contributed by atoms with Crippen LogP contribution in [0, 0.1) is 0 Å². The predicted octanol–water partition coefficient (Wildman–Crippen LogP) is 0.758. The first kappa shape index (κ1) is 5.07. The normalized spacial score (nSPS) is 17.1. The minimum Gasteiger partial charge on any atom is -0.264 e. The van der Waals surface area contributed by atoms with Crippen molar-refractivity contribution in [3.05, 3.63) is 35.8 Å². The summed E-state index contributed by atoms with van der Waals surface area (Å²) in [7, 11) is 0. The maximum Gasteiger partial charge on any atom is 0.162 e. The Labute approximate surface area is 63.5 Å². The highest BCUT2D eigenvalue weighted by Crippen LogP contribution is 2.30. The summed E-state index contributed by atoms with van der Waals surface area (Å²) >= 11 is 0. The Morgan fingerprint density at radius 3 is 3.09 bits per heavy atom. The van der Waals surface area contributed by atoms with Crippen molar-refractivity contribution in [1.29, 1.82) is 0 Å². The van der Waals surface area contributed by atoms with E-state index >= 15 is 0 Å². The van der Waals surface area contributed by atoms with Gasteiger partial charge in [-0.25, -0.2) is 10.3 Å². The summed E-state index contributed by atoms with van der Waals surface area (Å²) in [5, 5.41) is 4.09. The molecule has 3 rings (SSSR count). The van der Waals surface area contributed by atoms with Gasteiger partial charge in [-0.15, -0.1) is 0 Å². The number of aromatic nitrogens is 1. The highest BCUT2D eigenvalue weighted by molar-refractivity contribution is 6.13. The van der Waals surface area contributed by atoms with E-state index in [1.54, 1.807) is 18.6 Å². The molecule has 1 radical (unpaired) electrons. The fourth-order valence-corrected chi connectivity index (χ4v) is 1.35. The van der Waals surface area contributed by atoms with Gasteiger partial charge in [-0.05, 0) is 6.07 Å². The summed E-state index contributed by atoms with van der Waals surface area (Å²) in [4.78, 5) is 8.25. The van der Waals surface area contributed by atoms with Crippen LogP contribution in [0.1, 0.15) is 11.1 Å². The number of hydrogen-bond acceptors (Lipinski definition) is 2. The van der Waals surface area contributed by atoms with Gasteiger partial charge in [-0.1, -0.05) is 0 Å². The fraction of sp³-hybridized carbons (Fsp3) is 0. The lowest BCUT2D eigenvalue weighted by atomic mass is 10.1. The molecule has 0 spiro atoms. The Morgan fingerprint density at radius 2 is 2.18 bits per heavy atom. The first-order valence-electron chi connectivity index (χ1n) is 3.39. The van der Waals surface area contributed by atoms with Gasteiger partial charge in [-0.2, -0.15) is 0 Å². The number of hydrogen-bond donors (Lipinski definition) is 0. The van der Waals surface area contributed by atoms with E-state index in [1.807, 2.05) is 6.07 Å². The van der Waals surface area contributed by atoms with Crippen LogP contribution >= 0.6 is 0 Å². The molecule has 3 nitrogen and oxygen atoms in total. The minimum absolute atomic E-state index is 0.808. The second-order valence-electron chi connectivity index (χ2n) is 2.50. The van der Waals surface area contributed by atoms with Crippen LogP contribution in [0.2, 0.25) is 0 Å². The molecular formula is C8H4N3. The van der Waals surface area contributed by atoms with Gasteiger partial charge in [0.1, 0.15) is 0 Å². The number of nitrogens with zero attached hydrogens (tertiary/aromatic N) is 3. The summed E-state index contributed by atoms with van der Waals surface area (Å²) in [5.74, 6) is 0.808. The van der Waals surface area contributed by atoms with Gasteiger partial charge in [0.15, 0.2) is 5.84 Å². The molecule has 0 saturated carbocycles. The van der Waals surface area contributed by atoms with E-state index in [9.17, 15) is 0 Å². The third kappa shape index (κ3) is 0.487. The zero-order valence-electron chi connectivity index (χ0n) is 5.65. The van der Waals surface area contributed by atoms with E-state index in [2.05, 4.69) is 15.3 Å². The molecular weight excluding hydrogens is 138 g/mol. The molecule has 0 unspecified atom stereocenters. The summed E-state index contributed by atoms with van der Waals surface area (Å²) in [5.41, 5.74) is 3.19. The molecule has 0 aromatic carbocycles. The second kappa shape index (κ2) is 1.50. The number of pyridine rings is 1. The lowest BCUT2D eigenvalue weighted by Crippen LogP contribution is -2.10. The van der Waals surface area contributed by atoms with Gasteiger partial charge in [0, 0.05) is 23.5 Å². The molecule has 51 valence electrons. The zero-order chi connectivity index (χ0) is 7.26. The van der Waals surface area contributed by atoms with E-state index in [4.69, 9.17) is 0 Å². The van der Waals surface area contributed by atoms with Gasteiger partial charge < -0.3 is 0 Å². The van der Waals surface area contributed by atoms with Gasteiger partial charge in [0.2, 0.25) is 0 Å². The molecule has 3 heterocycles. The molecule has 3 heteroatoms. The molecule has 11 heavy (non-hydrogen) atoms. The van der Waals surface area contributed by atoms with Crippen molar-refractivity contribution in [1.82, 2.24) is 10.3 Å². The van der Waals surface area contributed by atoms with Crippen molar-refractivity contribution in [2.75, 3.05) is 0 Å². The van der Waals surface area contributed by atoms with Crippen molar-refractivity contribution >= 4 is 11.5 Å². The van der Waals surface area contributed by atoms with Gasteiger partial charge in [0.05, 0.1) is 11.9 Å². The summed E-state index contributed by atoms with van der Waals surface area (Å²) < 4.78 is 0. The van der Waals surface area contributed by atoms with E-state index in [-0.39, 0.29) is 0 Å². The van der Waals surface area contributed by atoms with Crippen LogP contribution in [-0.4, -0.2) is 10.8 Å². The Bertz CT molecular complexity index is 390. The standard InChI is InChI=1S/C8H4N3/c1-2-9-3-6-5(1)7-4-10-8(6)11-7/h1-4H. The van der Waals surface area contributed by atoms with E-state index < -0.39 is 0 Å². The molecule has 0 N–H and O–H groups in total. The largest absolute Gasteiger partial charge is 0.264 e. The topological polar surface area (TPSA) is 39.4 Å². The molecule has 0 fully saturated rings. The van der Waals surface area contributed by atoms with Crippen molar-refractivity contribution in [3.8, 4) is 0 Å². The maximum atomic E-state index is 4.24. The average molecular weight is 142 g/mol. The molecule has 2 bridgehead atoms. The third-order valence-electron chi connectivity index (χ3n) is 1.87. The zero-order valence-corrected chi connectivity index (χ0v) is 5.65. The fourth-order valence-electron chi connectivity index (χ4n) is 1.35. The predicted molar refractivity (Wildman–Crippen MR) is 40.9 cm³/mol. The third-order valence-corrected chi connectivity index (χ3v) is 1.87. The van der Waals surface area contributed by atoms with E-state index in [1.165, 1.54) is 0 Å². The molecule has 1 aromatic heterocycles. The number of amidine groups is 1. The molecule has 0 amide bonds. The van der Waals surface area contributed by atoms with E-state index in [0.717, 1.165) is 22.7 Å². The Morgan fingerprint density at radius 1 is 1.18 bits per heavy atom. The SMILES string of the molecule is C1=C2N=C([N]1)c1cnccc12. The van der Waals surface area contributed by atoms with Crippen molar-refractivity contribution in [2.45, 2.75) is 0 Å². The highest BCUT2D eigenvalue weighted by Gasteiger charge is 2.25. The monoisotopic (exact) mass is 142 g/mol. The molecule has 0 aliphatic carbocycles.